The largest absolute Gasteiger partial charge is 0.385 e. The molecule has 2 rings (SSSR count). The first kappa shape index (κ1) is 10.8. The van der Waals surface area contributed by atoms with Gasteiger partial charge in [-0.05, 0) is 18.6 Å². The summed E-state index contributed by atoms with van der Waals surface area (Å²) in [4.78, 5) is 3.95. The number of hydrogen-bond donors (Lipinski definition) is 1. The van der Waals surface area contributed by atoms with Crippen LogP contribution in [-0.2, 0) is 6.42 Å². The van der Waals surface area contributed by atoms with E-state index in [-0.39, 0.29) is 18.1 Å². The summed E-state index contributed by atoms with van der Waals surface area (Å²) in [5.41, 5.74) is 0.489. The first-order valence-electron chi connectivity index (χ1n) is 4.91. The highest BCUT2D eigenvalue weighted by Gasteiger charge is 2.12. The van der Waals surface area contributed by atoms with Crippen LogP contribution in [0.2, 0.25) is 0 Å². The van der Waals surface area contributed by atoms with E-state index in [0.717, 1.165) is 0 Å². The molecule has 1 aromatic heterocycles. The van der Waals surface area contributed by atoms with Gasteiger partial charge in [0.15, 0.2) is 5.82 Å². The fourth-order valence-corrected chi connectivity index (χ4v) is 1.31. The number of aliphatic hydroxyl groups is 1. The summed E-state index contributed by atoms with van der Waals surface area (Å²) >= 11 is 0. The lowest BCUT2D eigenvalue weighted by atomic mass is 10.1. The Morgan fingerprint density at radius 1 is 1.44 bits per heavy atom. The van der Waals surface area contributed by atoms with Gasteiger partial charge >= 0.3 is 0 Å². The number of benzene rings is 1. The van der Waals surface area contributed by atoms with Gasteiger partial charge in [-0.2, -0.15) is 4.98 Å². The fourth-order valence-electron chi connectivity index (χ4n) is 1.31. The highest BCUT2D eigenvalue weighted by Crippen LogP contribution is 2.13. The van der Waals surface area contributed by atoms with Crippen LogP contribution in [0.3, 0.4) is 0 Å². The summed E-state index contributed by atoms with van der Waals surface area (Å²) in [7, 11) is 0. The third-order valence-corrected chi connectivity index (χ3v) is 2.16. The molecule has 1 aromatic carbocycles. The third kappa shape index (κ3) is 2.25. The topological polar surface area (TPSA) is 59.2 Å². The maximum absolute atomic E-state index is 13.3. The van der Waals surface area contributed by atoms with Crippen LogP contribution in [0.15, 0.2) is 28.8 Å². The summed E-state index contributed by atoms with van der Waals surface area (Å²) in [6.07, 6.45) is -0.551. The molecule has 4 nitrogen and oxygen atoms in total. The van der Waals surface area contributed by atoms with Crippen molar-refractivity contribution in [2.75, 3.05) is 0 Å². The lowest BCUT2D eigenvalue weighted by molar-refractivity contribution is 0.184. The second-order valence-corrected chi connectivity index (χ2v) is 3.49. The quantitative estimate of drug-likeness (QED) is 0.861. The van der Waals surface area contributed by atoms with Crippen molar-refractivity contribution in [1.82, 2.24) is 10.1 Å². The van der Waals surface area contributed by atoms with Gasteiger partial charge in [0.25, 0.3) is 0 Å². The first-order valence-corrected chi connectivity index (χ1v) is 4.91. The minimum absolute atomic E-state index is 0.214. The molecule has 1 N–H and O–H groups in total. The maximum Gasteiger partial charge on any atom is 0.231 e. The lowest BCUT2D eigenvalue weighted by Gasteiger charge is -1.97. The predicted octanol–water partition coefficient (Wildman–Crippen LogP) is 1.85. The van der Waals surface area contributed by atoms with Gasteiger partial charge in [-0.25, -0.2) is 4.39 Å². The monoisotopic (exact) mass is 222 g/mol. The van der Waals surface area contributed by atoms with Crippen molar-refractivity contribution >= 4 is 0 Å². The van der Waals surface area contributed by atoms with Crippen LogP contribution in [0.4, 0.5) is 4.39 Å². The van der Waals surface area contributed by atoms with E-state index in [1.165, 1.54) is 13.0 Å². The van der Waals surface area contributed by atoms with Crippen molar-refractivity contribution < 1.29 is 14.0 Å². The molecule has 2 aromatic rings. The highest BCUT2D eigenvalue weighted by molar-refractivity contribution is 5.20. The molecule has 0 saturated carbocycles. The molecule has 1 atom stereocenters. The molecule has 0 bridgehead atoms. The SMILES string of the molecule is CC(O)c1noc(Cc2ccccc2F)n1. The molecule has 0 spiro atoms. The van der Waals surface area contributed by atoms with Gasteiger partial charge < -0.3 is 9.63 Å². The maximum atomic E-state index is 13.3. The molecule has 16 heavy (non-hydrogen) atoms. The summed E-state index contributed by atoms with van der Waals surface area (Å²) in [6, 6.07) is 6.39. The van der Waals surface area contributed by atoms with E-state index in [0.29, 0.717) is 11.5 Å². The molecular weight excluding hydrogens is 211 g/mol. The van der Waals surface area contributed by atoms with E-state index >= 15 is 0 Å². The number of aromatic nitrogens is 2. The Labute approximate surface area is 91.7 Å². The molecule has 0 amide bonds. The molecule has 84 valence electrons. The van der Waals surface area contributed by atoms with Crippen LogP contribution in [0, 0.1) is 5.82 Å². The number of nitrogens with zero attached hydrogens (tertiary/aromatic N) is 2. The third-order valence-electron chi connectivity index (χ3n) is 2.16. The number of aliphatic hydroxyl groups excluding tert-OH is 1. The zero-order valence-electron chi connectivity index (χ0n) is 8.72. The standard InChI is InChI=1S/C11H11FN2O2/c1-7(15)11-13-10(16-14-11)6-8-4-2-3-5-9(8)12/h2-5,7,15H,6H2,1H3. The van der Waals surface area contributed by atoms with Crippen LogP contribution in [0.5, 0.6) is 0 Å². The van der Waals surface area contributed by atoms with Crippen LogP contribution in [-0.4, -0.2) is 15.2 Å². The van der Waals surface area contributed by atoms with Crippen molar-refractivity contribution in [1.29, 1.82) is 0 Å². The fraction of sp³-hybridized carbons (Fsp3) is 0.273. The van der Waals surface area contributed by atoms with Crippen molar-refractivity contribution in [2.45, 2.75) is 19.4 Å². The Hall–Kier alpha value is -1.75. The van der Waals surface area contributed by atoms with E-state index in [1.54, 1.807) is 18.2 Å². The van der Waals surface area contributed by atoms with E-state index in [4.69, 9.17) is 4.52 Å². The van der Waals surface area contributed by atoms with Gasteiger partial charge in [-0.3, -0.25) is 0 Å². The van der Waals surface area contributed by atoms with Crippen LogP contribution < -0.4 is 0 Å². The molecule has 1 unspecified atom stereocenters. The molecule has 0 aliphatic carbocycles. The molecule has 0 aliphatic rings. The molecule has 0 radical (unpaired) electrons. The zero-order valence-corrected chi connectivity index (χ0v) is 8.72. The van der Waals surface area contributed by atoms with Crippen LogP contribution in [0.25, 0.3) is 0 Å². The Morgan fingerprint density at radius 3 is 2.81 bits per heavy atom. The van der Waals surface area contributed by atoms with Gasteiger partial charge in [-0.15, -0.1) is 0 Å². The molecule has 0 aliphatic heterocycles. The molecule has 5 heteroatoms. The van der Waals surface area contributed by atoms with Gasteiger partial charge in [-0.1, -0.05) is 23.4 Å². The van der Waals surface area contributed by atoms with E-state index in [9.17, 15) is 9.50 Å². The summed E-state index contributed by atoms with van der Waals surface area (Å²) < 4.78 is 18.2. The van der Waals surface area contributed by atoms with E-state index < -0.39 is 6.10 Å². The molecule has 1 heterocycles. The summed E-state index contributed by atoms with van der Waals surface area (Å²) in [5, 5.41) is 12.8. The Morgan fingerprint density at radius 2 is 2.19 bits per heavy atom. The Balaban J connectivity index is 2.18. The van der Waals surface area contributed by atoms with Gasteiger partial charge in [0.05, 0.1) is 6.42 Å². The number of hydrogen-bond acceptors (Lipinski definition) is 4. The van der Waals surface area contributed by atoms with Crippen molar-refractivity contribution in [3.63, 3.8) is 0 Å². The molecular formula is C11H11FN2O2. The minimum atomic E-state index is -0.780. The predicted molar refractivity (Wildman–Crippen MR) is 54.1 cm³/mol. The lowest BCUT2D eigenvalue weighted by Crippen LogP contribution is -1.95. The van der Waals surface area contributed by atoms with Crippen molar-refractivity contribution in [3.05, 3.63) is 47.4 Å². The minimum Gasteiger partial charge on any atom is -0.385 e. The van der Waals surface area contributed by atoms with Crippen molar-refractivity contribution in [3.8, 4) is 0 Å². The molecule has 0 saturated heterocycles. The number of halogens is 1. The smallest absolute Gasteiger partial charge is 0.231 e. The van der Waals surface area contributed by atoms with Crippen LogP contribution >= 0.6 is 0 Å². The van der Waals surface area contributed by atoms with Crippen molar-refractivity contribution in [2.24, 2.45) is 0 Å². The normalized spacial score (nSPS) is 12.7. The summed E-state index contributed by atoms with van der Waals surface area (Å²) in [5.74, 6) is 0.201. The second kappa shape index (κ2) is 4.40. The molecule has 0 fully saturated rings. The van der Waals surface area contributed by atoms with Crippen LogP contribution in [0.1, 0.15) is 30.3 Å². The second-order valence-electron chi connectivity index (χ2n) is 3.49. The Bertz CT molecular complexity index is 482. The Kier molecular flexibility index (Phi) is 2.96. The average Bonchev–Trinajstić information content (AvgIpc) is 2.70. The van der Waals surface area contributed by atoms with E-state index in [2.05, 4.69) is 10.1 Å². The zero-order chi connectivity index (χ0) is 11.5. The average molecular weight is 222 g/mol. The first-order chi connectivity index (χ1) is 7.66. The van der Waals surface area contributed by atoms with Gasteiger partial charge in [0.1, 0.15) is 11.9 Å². The summed E-state index contributed by atoms with van der Waals surface area (Å²) in [6.45, 7) is 1.54. The highest BCUT2D eigenvalue weighted by atomic mass is 19.1. The number of rotatable bonds is 3. The van der Waals surface area contributed by atoms with Gasteiger partial charge in [0, 0.05) is 0 Å². The van der Waals surface area contributed by atoms with Gasteiger partial charge in [0.2, 0.25) is 5.89 Å². The van der Waals surface area contributed by atoms with E-state index in [1.807, 2.05) is 0 Å².